The van der Waals surface area contributed by atoms with Crippen molar-refractivity contribution in [3.8, 4) is 0 Å². The zero-order valence-electron chi connectivity index (χ0n) is 15.8. The monoisotopic (exact) mass is 510 g/mol. The molecule has 3 atom stereocenters. The molecule has 4 rings (SSSR count). The minimum absolute atomic E-state index is 0. The fraction of sp³-hybridized carbons (Fsp3) is 0.238. The van der Waals surface area contributed by atoms with Crippen molar-refractivity contribution >= 4 is 51.0 Å². The number of fused-ring (bicyclic) bond motifs is 1. The second-order valence-corrected chi connectivity index (χ2v) is 8.94. The summed E-state index contributed by atoms with van der Waals surface area (Å²) < 4.78 is 18.4. The number of ether oxygens (including phenoxy) is 1. The average Bonchev–Trinajstić information content (AvgIpc) is 2.77. The number of benzene rings is 2. The van der Waals surface area contributed by atoms with Gasteiger partial charge in [-0.15, -0.1) is 12.4 Å². The van der Waals surface area contributed by atoms with Gasteiger partial charge in [0.15, 0.2) is 6.10 Å². The smallest absolute Gasteiger partial charge is 0.356 e. The number of nitrogens with zero attached hydrogens (tertiary/aromatic N) is 1. The molecule has 9 heteroatoms. The van der Waals surface area contributed by atoms with Gasteiger partial charge in [-0.3, -0.25) is 13.9 Å². The Morgan fingerprint density at radius 1 is 1.13 bits per heavy atom. The lowest BCUT2D eigenvalue weighted by atomic mass is 10.0. The lowest BCUT2D eigenvalue weighted by Crippen LogP contribution is -2.72. The molecular formula is C21H20BrClN2O4S. The maximum absolute atomic E-state index is 13.2. The Bertz CT molecular complexity index is 963. The number of halogens is 2. The first-order chi connectivity index (χ1) is 14.0. The van der Waals surface area contributed by atoms with E-state index in [1.807, 2.05) is 60.7 Å². The summed E-state index contributed by atoms with van der Waals surface area (Å²) in [5, 5.41) is -0.365. The predicted molar refractivity (Wildman–Crippen MR) is 121 cm³/mol. The minimum atomic E-state index is -1.35. The molecule has 2 aromatic rings. The Morgan fingerprint density at radius 3 is 2.17 bits per heavy atom. The van der Waals surface area contributed by atoms with Gasteiger partial charge in [0.1, 0.15) is 17.1 Å². The number of β-lactam (4-membered cyclic amide) rings is 1. The molecular weight excluding hydrogens is 492 g/mol. The molecule has 0 bridgehead atoms. The quantitative estimate of drug-likeness (QED) is 0.379. The van der Waals surface area contributed by atoms with E-state index in [1.54, 1.807) is 0 Å². The molecule has 1 saturated heterocycles. The van der Waals surface area contributed by atoms with Gasteiger partial charge in [-0.2, -0.15) is 0 Å². The van der Waals surface area contributed by atoms with Crippen LogP contribution >= 0.6 is 28.3 Å². The van der Waals surface area contributed by atoms with E-state index in [0.29, 0.717) is 10.9 Å². The fourth-order valence-corrected chi connectivity index (χ4v) is 5.96. The number of rotatable bonds is 5. The van der Waals surface area contributed by atoms with E-state index in [-0.39, 0.29) is 23.9 Å². The van der Waals surface area contributed by atoms with Crippen LogP contribution in [0.15, 0.2) is 71.9 Å². The summed E-state index contributed by atoms with van der Waals surface area (Å²) in [7, 11) is -1.35. The third kappa shape index (κ3) is 3.97. The minimum Gasteiger partial charge on any atom is -0.448 e. The Hall–Kier alpha value is -2.00. The number of amides is 1. The third-order valence-electron chi connectivity index (χ3n) is 5.03. The van der Waals surface area contributed by atoms with E-state index < -0.39 is 40.2 Å². The van der Waals surface area contributed by atoms with Crippen LogP contribution in [0.3, 0.4) is 0 Å². The van der Waals surface area contributed by atoms with Crippen molar-refractivity contribution in [2.75, 3.05) is 11.1 Å². The molecule has 6 nitrogen and oxygen atoms in total. The van der Waals surface area contributed by atoms with E-state index in [0.717, 1.165) is 11.1 Å². The number of hydrogen-bond donors (Lipinski definition) is 1. The van der Waals surface area contributed by atoms with Crippen LogP contribution in [0.4, 0.5) is 0 Å². The first kappa shape index (κ1) is 22.7. The van der Waals surface area contributed by atoms with Crippen LogP contribution < -0.4 is 5.73 Å². The first-order valence-corrected chi connectivity index (χ1v) is 11.6. The summed E-state index contributed by atoms with van der Waals surface area (Å²) in [4.78, 5) is 26.8. The highest BCUT2D eigenvalue weighted by atomic mass is 79.9. The van der Waals surface area contributed by atoms with Crippen LogP contribution in [0.2, 0.25) is 0 Å². The van der Waals surface area contributed by atoms with Crippen molar-refractivity contribution in [1.82, 2.24) is 4.90 Å². The van der Waals surface area contributed by atoms with Gasteiger partial charge in [-0.1, -0.05) is 76.6 Å². The summed E-state index contributed by atoms with van der Waals surface area (Å²) >= 11 is 3.34. The standard InChI is InChI=1S/C21H19BrN2O4S.ClH/c22-11-15-12-29(27)20-16(23)19(25)24(20)17(15)21(26)28-18(13-7-3-1-4-8-13)14-9-5-2-6-10-14;/h1-10,16,18,20H,11-12,23H2;1H/t16-,20-,29?;/m1./s1. The van der Waals surface area contributed by atoms with Gasteiger partial charge in [0.25, 0.3) is 0 Å². The highest BCUT2D eigenvalue weighted by Gasteiger charge is 2.55. The largest absolute Gasteiger partial charge is 0.448 e. The van der Waals surface area contributed by atoms with Crippen LogP contribution in [0.1, 0.15) is 17.2 Å². The SMILES string of the molecule is Cl.N[C@@H]1C(=O)N2C(C(=O)OC(c3ccccc3)c3ccccc3)=C(CBr)CS(=O)[C@H]12. The topological polar surface area (TPSA) is 89.7 Å². The Morgan fingerprint density at radius 2 is 1.67 bits per heavy atom. The van der Waals surface area contributed by atoms with Gasteiger partial charge in [-0.05, 0) is 16.7 Å². The number of nitrogens with two attached hydrogens (primary N) is 1. The molecule has 0 saturated carbocycles. The van der Waals surface area contributed by atoms with E-state index in [9.17, 15) is 13.8 Å². The van der Waals surface area contributed by atoms with Crippen molar-refractivity contribution in [2.45, 2.75) is 17.5 Å². The van der Waals surface area contributed by atoms with Gasteiger partial charge in [-0.25, -0.2) is 4.79 Å². The number of hydrogen-bond acceptors (Lipinski definition) is 5. The number of alkyl halides is 1. The molecule has 0 aliphatic carbocycles. The van der Waals surface area contributed by atoms with Crippen molar-refractivity contribution in [3.63, 3.8) is 0 Å². The van der Waals surface area contributed by atoms with E-state index in [4.69, 9.17) is 10.5 Å². The Kier molecular flexibility index (Phi) is 7.13. The van der Waals surface area contributed by atoms with Crippen molar-refractivity contribution in [1.29, 1.82) is 0 Å². The highest BCUT2D eigenvalue weighted by molar-refractivity contribution is 9.09. The summed E-state index contributed by atoms with van der Waals surface area (Å²) in [6.45, 7) is 0. The first-order valence-electron chi connectivity index (χ1n) is 9.07. The molecule has 2 heterocycles. The van der Waals surface area contributed by atoms with Gasteiger partial charge in [0, 0.05) is 5.33 Å². The van der Waals surface area contributed by atoms with Crippen LogP contribution in [0, 0.1) is 0 Å². The zero-order valence-corrected chi connectivity index (χ0v) is 19.0. The molecule has 0 aromatic heterocycles. The van der Waals surface area contributed by atoms with Gasteiger partial charge in [0.05, 0.1) is 16.6 Å². The van der Waals surface area contributed by atoms with Crippen LogP contribution in [-0.2, 0) is 25.1 Å². The van der Waals surface area contributed by atoms with E-state index >= 15 is 0 Å². The lowest BCUT2D eigenvalue weighted by Gasteiger charge is -2.47. The summed E-state index contributed by atoms with van der Waals surface area (Å²) in [6.07, 6.45) is -0.634. The Labute approximate surface area is 191 Å². The maximum Gasteiger partial charge on any atom is 0.356 e. The van der Waals surface area contributed by atoms with Crippen molar-refractivity contribution in [3.05, 3.63) is 83.1 Å². The summed E-state index contributed by atoms with van der Waals surface area (Å²) in [5.41, 5.74) is 8.18. The van der Waals surface area contributed by atoms with Crippen molar-refractivity contribution < 1.29 is 18.5 Å². The van der Waals surface area contributed by atoms with Gasteiger partial charge >= 0.3 is 5.97 Å². The number of carbonyl (C=O) groups excluding carboxylic acids is 2. The van der Waals surface area contributed by atoms with E-state index in [1.165, 1.54) is 4.90 Å². The van der Waals surface area contributed by atoms with Crippen LogP contribution in [0.5, 0.6) is 0 Å². The molecule has 2 aliphatic rings. The van der Waals surface area contributed by atoms with E-state index in [2.05, 4.69) is 15.9 Å². The average molecular weight is 512 g/mol. The predicted octanol–water partition coefficient (Wildman–Crippen LogP) is 2.65. The molecule has 0 spiro atoms. The summed E-state index contributed by atoms with van der Waals surface area (Å²) in [6, 6.07) is 18.0. The summed E-state index contributed by atoms with van der Waals surface area (Å²) in [5.74, 6) is -0.859. The van der Waals surface area contributed by atoms with Crippen molar-refractivity contribution in [2.24, 2.45) is 5.73 Å². The van der Waals surface area contributed by atoms with Crippen LogP contribution in [0.25, 0.3) is 0 Å². The molecule has 2 aromatic carbocycles. The molecule has 158 valence electrons. The number of esters is 1. The third-order valence-corrected chi connectivity index (χ3v) is 7.38. The molecule has 1 fully saturated rings. The molecule has 2 aliphatic heterocycles. The zero-order chi connectivity index (χ0) is 20.5. The molecule has 1 unspecified atom stereocenters. The molecule has 2 N–H and O–H groups in total. The highest BCUT2D eigenvalue weighted by Crippen LogP contribution is 2.36. The normalized spacial score (nSPS) is 22.8. The fourth-order valence-electron chi connectivity index (χ4n) is 3.59. The molecule has 0 radical (unpaired) electrons. The molecule has 30 heavy (non-hydrogen) atoms. The number of carbonyl (C=O) groups is 2. The van der Waals surface area contributed by atoms with Gasteiger partial charge in [0.2, 0.25) is 5.91 Å². The van der Waals surface area contributed by atoms with Crippen LogP contribution in [-0.4, -0.2) is 43.5 Å². The Balaban J connectivity index is 0.00000256. The van der Waals surface area contributed by atoms with Gasteiger partial charge < -0.3 is 10.5 Å². The second-order valence-electron chi connectivity index (χ2n) is 6.84. The second kappa shape index (κ2) is 9.43. The lowest BCUT2D eigenvalue weighted by molar-refractivity contribution is -0.153. The molecule has 1 amide bonds. The maximum atomic E-state index is 13.2.